The molecular formula is C9H13NO3S. The lowest BCUT2D eigenvalue weighted by Crippen LogP contribution is -2.30. The molecule has 1 heterocycles. The number of aliphatic hydroxyl groups excluding tert-OH is 1. The van der Waals surface area contributed by atoms with Crippen LogP contribution in [-0.4, -0.2) is 31.3 Å². The number of hydrogen-bond acceptors (Lipinski definition) is 4. The zero-order chi connectivity index (χ0) is 10.4. The van der Waals surface area contributed by atoms with Crippen LogP contribution in [0.3, 0.4) is 0 Å². The number of carbonyl (C=O) groups is 1. The molecule has 1 atom stereocenters. The number of rotatable bonds is 5. The zero-order valence-corrected chi connectivity index (χ0v) is 8.71. The van der Waals surface area contributed by atoms with E-state index in [1.807, 2.05) is 17.5 Å². The minimum atomic E-state index is -0.629. The maximum atomic E-state index is 11.0. The Morgan fingerprint density at radius 1 is 1.79 bits per heavy atom. The largest absolute Gasteiger partial charge is 0.386 e. The van der Waals surface area contributed by atoms with Crippen LogP contribution in [0.2, 0.25) is 0 Å². The third-order valence-corrected chi connectivity index (χ3v) is 2.61. The van der Waals surface area contributed by atoms with E-state index in [0.717, 1.165) is 4.88 Å². The molecule has 14 heavy (non-hydrogen) atoms. The number of aliphatic hydroxyl groups is 1. The van der Waals surface area contributed by atoms with E-state index in [1.54, 1.807) is 0 Å². The lowest BCUT2D eigenvalue weighted by Gasteiger charge is -2.09. The molecule has 0 saturated carbocycles. The maximum absolute atomic E-state index is 11.0. The third-order valence-electron chi connectivity index (χ3n) is 1.64. The van der Waals surface area contributed by atoms with Crippen molar-refractivity contribution in [1.29, 1.82) is 0 Å². The van der Waals surface area contributed by atoms with Gasteiger partial charge < -0.3 is 15.2 Å². The van der Waals surface area contributed by atoms with E-state index in [-0.39, 0.29) is 19.1 Å². The second-order valence-electron chi connectivity index (χ2n) is 2.77. The Bertz CT molecular complexity index is 274. The van der Waals surface area contributed by atoms with Crippen molar-refractivity contribution in [2.24, 2.45) is 0 Å². The molecular weight excluding hydrogens is 202 g/mol. The standard InChI is InChI=1S/C9H13NO3S/c1-13-6-9(12)10-5-7(11)8-3-2-4-14-8/h2-4,7,11H,5-6H2,1H3,(H,10,12). The molecule has 1 rings (SSSR count). The summed E-state index contributed by atoms with van der Waals surface area (Å²) in [6.45, 7) is 0.250. The highest BCUT2D eigenvalue weighted by Gasteiger charge is 2.09. The molecule has 1 aromatic heterocycles. The first-order valence-electron chi connectivity index (χ1n) is 4.21. The summed E-state index contributed by atoms with van der Waals surface area (Å²) in [4.78, 5) is 11.8. The van der Waals surface area contributed by atoms with E-state index in [9.17, 15) is 9.90 Å². The molecule has 0 aliphatic rings. The lowest BCUT2D eigenvalue weighted by atomic mass is 10.3. The van der Waals surface area contributed by atoms with Crippen LogP contribution in [0.1, 0.15) is 11.0 Å². The predicted molar refractivity (Wildman–Crippen MR) is 54.2 cm³/mol. The Labute approximate surface area is 86.5 Å². The van der Waals surface area contributed by atoms with Crippen molar-refractivity contribution in [3.8, 4) is 0 Å². The fourth-order valence-electron chi connectivity index (χ4n) is 0.974. The highest BCUT2D eigenvalue weighted by atomic mass is 32.1. The van der Waals surface area contributed by atoms with Gasteiger partial charge in [0, 0.05) is 18.5 Å². The second kappa shape index (κ2) is 5.74. The lowest BCUT2D eigenvalue weighted by molar-refractivity contribution is -0.125. The summed E-state index contributed by atoms with van der Waals surface area (Å²) in [5, 5.41) is 14.0. The molecule has 0 saturated heterocycles. The third kappa shape index (κ3) is 3.45. The molecule has 0 aliphatic carbocycles. The van der Waals surface area contributed by atoms with Crippen LogP contribution in [-0.2, 0) is 9.53 Å². The van der Waals surface area contributed by atoms with E-state index in [0.29, 0.717) is 0 Å². The smallest absolute Gasteiger partial charge is 0.246 e. The quantitative estimate of drug-likeness (QED) is 0.754. The van der Waals surface area contributed by atoms with E-state index in [2.05, 4.69) is 10.1 Å². The number of thiophene rings is 1. The van der Waals surface area contributed by atoms with Crippen LogP contribution < -0.4 is 5.32 Å². The van der Waals surface area contributed by atoms with Crippen LogP contribution in [0.25, 0.3) is 0 Å². The minimum absolute atomic E-state index is 0.0250. The Morgan fingerprint density at radius 3 is 3.14 bits per heavy atom. The highest BCUT2D eigenvalue weighted by Crippen LogP contribution is 2.17. The molecule has 5 heteroatoms. The average Bonchev–Trinajstić information content (AvgIpc) is 2.67. The number of carbonyl (C=O) groups excluding carboxylic acids is 1. The maximum Gasteiger partial charge on any atom is 0.246 e. The summed E-state index contributed by atoms with van der Waals surface area (Å²) < 4.78 is 4.64. The molecule has 0 fully saturated rings. The first-order chi connectivity index (χ1) is 6.74. The van der Waals surface area contributed by atoms with Gasteiger partial charge in [0.05, 0.1) is 0 Å². The highest BCUT2D eigenvalue weighted by molar-refractivity contribution is 7.10. The van der Waals surface area contributed by atoms with Crippen LogP contribution in [0.15, 0.2) is 17.5 Å². The van der Waals surface area contributed by atoms with Crippen LogP contribution in [0.4, 0.5) is 0 Å². The SMILES string of the molecule is COCC(=O)NCC(O)c1cccs1. The molecule has 0 spiro atoms. The fourth-order valence-corrected chi connectivity index (χ4v) is 1.69. The zero-order valence-electron chi connectivity index (χ0n) is 7.90. The molecule has 0 radical (unpaired) electrons. The monoisotopic (exact) mass is 215 g/mol. The van der Waals surface area contributed by atoms with Crippen molar-refractivity contribution >= 4 is 17.2 Å². The predicted octanol–water partition coefficient (Wildman–Crippen LogP) is 0.544. The van der Waals surface area contributed by atoms with Crippen molar-refractivity contribution in [1.82, 2.24) is 5.32 Å². The number of nitrogens with one attached hydrogen (secondary N) is 1. The molecule has 4 nitrogen and oxygen atoms in total. The molecule has 0 aliphatic heterocycles. The van der Waals surface area contributed by atoms with E-state index in [4.69, 9.17) is 0 Å². The van der Waals surface area contributed by atoms with Gasteiger partial charge in [0.15, 0.2) is 0 Å². The summed E-state index contributed by atoms with van der Waals surface area (Å²) in [5.74, 6) is -0.219. The summed E-state index contributed by atoms with van der Waals surface area (Å²) >= 11 is 1.46. The summed E-state index contributed by atoms with van der Waals surface area (Å²) in [6, 6.07) is 3.69. The summed E-state index contributed by atoms with van der Waals surface area (Å²) in [6.07, 6.45) is -0.629. The number of amides is 1. The van der Waals surface area contributed by atoms with Gasteiger partial charge in [-0.05, 0) is 11.4 Å². The van der Waals surface area contributed by atoms with E-state index in [1.165, 1.54) is 18.4 Å². The summed E-state index contributed by atoms with van der Waals surface area (Å²) in [7, 11) is 1.45. The Hall–Kier alpha value is -0.910. The van der Waals surface area contributed by atoms with E-state index < -0.39 is 6.10 Å². The van der Waals surface area contributed by atoms with Crippen LogP contribution in [0.5, 0.6) is 0 Å². The number of ether oxygens (including phenoxy) is 1. The number of methoxy groups -OCH3 is 1. The first-order valence-corrected chi connectivity index (χ1v) is 5.09. The van der Waals surface area contributed by atoms with E-state index >= 15 is 0 Å². The fraction of sp³-hybridized carbons (Fsp3) is 0.444. The average molecular weight is 215 g/mol. The van der Waals surface area contributed by atoms with Gasteiger partial charge in [-0.25, -0.2) is 0 Å². The van der Waals surface area contributed by atoms with Crippen molar-refractivity contribution in [3.05, 3.63) is 22.4 Å². The molecule has 1 aromatic rings. The van der Waals surface area contributed by atoms with Crippen molar-refractivity contribution in [2.75, 3.05) is 20.3 Å². The van der Waals surface area contributed by atoms with Crippen LogP contribution in [0, 0.1) is 0 Å². The Kier molecular flexibility index (Phi) is 4.58. The first kappa shape index (κ1) is 11.2. The molecule has 0 aromatic carbocycles. The van der Waals surface area contributed by atoms with Gasteiger partial charge in [0.1, 0.15) is 12.7 Å². The molecule has 1 amide bonds. The summed E-state index contributed by atoms with van der Waals surface area (Å²) in [5.41, 5.74) is 0. The Balaban J connectivity index is 2.28. The van der Waals surface area contributed by atoms with Gasteiger partial charge in [0.25, 0.3) is 0 Å². The van der Waals surface area contributed by atoms with Gasteiger partial charge in [-0.15, -0.1) is 11.3 Å². The number of hydrogen-bond donors (Lipinski definition) is 2. The second-order valence-corrected chi connectivity index (χ2v) is 3.75. The normalized spacial score (nSPS) is 12.4. The minimum Gasteiger partial charge on any atom is -0.386 e. The topological polar surface area (TPSA) is 58.6 Å². The van der Waals surface area contributed by atoms with Gasteiger partial charge in [-0.1, -0.05) is 6.07 Å². The van der Waals surface area contributed by atoms with Crippen molar-refractivity contribution < 1.29 is 14.6 Å². The molecule has 2 N–H and O–H groups in total. The molecule has 1 unspecified atom stereocenters. The van der Waals surface area contributed by atoms with Crippen molar-refractivity contribution in [3.63, 3.8) is 0 Å². The van der Waals surface area contributed by atoms with Crippen molar-refractivity contribution in [2.45, 2.75) is 6.10 Å². The molecule has 78 valence electrons. The van der Waals surface area contributed by atoms with Gasteiger partial charge >= 0.3 is 0 Å². The van der Waals surface area contributed by atoms with Gasteiger partial charge in [-0.3, -0.25) is 4.79 Å². The Morgan fingerprint density at radius 2 is 2.57 bits per heavy atom. The molecule has 0 bridgehead atoms. The van der Waals surface area contributed by atoms with Gasteiger partial charge in [0.2, 0.25) is 5.91 Å². The van der Waals surface area contributed by atoms with Gasteiger partial charge in [-0.2, -0.15) is 0 Å². The van der Waals surface area contributed by atoms with Crippen LogP contribution >= 0.6 is 11.3 Å².